The van der Waals surface area contributed by atoms with Crippen LogP contribution in [0.4, 0.5) is 0 Å². The molecule has 0 saturated heterocycles. The molecule has 0 atom stereocenters. The average Bonchev–Trinajstić information content (AvgIpc) is 1.84. The van der Waals surface area contributed by atoms with Crippen LogP contribution < -0.4 is 5.73 Å². The first kappa shape index (κ1) is 11.0. The van der Waals surface area contributed by atoms with Crippen LogP contribution in [-0.4, -0.2) is 28.7 Å². The van der Waals surface area contributed by atoms with Gasteiger partial charge in [0.2, 0.25) is 0 Å². The predicted octanol–water partition coefficient (Wildman–Crippen LogP) is 0.517. The molecule has 0 amide bonds. The number of nitrogens with two attached hydrogens (primary N) is 1. The highest BCUT2D eigenvalue weighted by atomic mass is 32.1. The zero-order chi connectivity index (χ0) is 9.72. The van der Waals surface area contributed by atoms with Gasteiger partial charge in [0.1, 0.15) is 5.78 Å². The first-order valence-electron chi connectivity index (χ1n) is 3.50. The molecule has 0 aromatic heterocycles. The number of hydrogen-bond donors (Lipinski definition) is 1. The van der Waals surface area contributed by atoms with Gasteiger partial charge >= 0.3 is 0 Å². The SMILES string of the molecule is CC(=O)CC(C)=NN(C)C(N)=S. The molecule has 0 aromatic rings. The van der Waals surface area contributed by atoms with Crippen molar-refractivity contribution >= 4 is 28.8 Å². The minimum absolute atomic E-state index is 0.0765. The molecule has 2 N–H and O–H groups in total. The van der Waals surface area contributed by atoms with Crippen molar-refractivity contribution in [1.82, 2.24) is 5.01 Å². The van der Waals surface area contributed by atoms with Crippen molar-refractivity contribution in [3.05, 3.63) is 0 Å². The maximum Gasteiger partial charge on any atom is 0.186 e. The van der Waals surface area contributed by atoms with E-state index in [1.807, 2.05) is 0 Å². The average molecular weight is 187 g/mol. The monoisotopic (exact) mass is 187 g/mol. The van der Waals surface area contributed by atoms with Gasteiger partial charge in [0.25, 0.3) is 0 Å². The Balaban J connectivity index is 4.15. The molecule has 0 aliphatic rings. The molecule has 0 rings (SSSR count). The van der Waals surface area contributed by atoms with E-state index in [0.717, 1.165) is 0 Å². The highest BCUT2D eigenvalue weighted by molar-refractivity contribution is 7.80. The Labute approximate surface area is 77.4 Å². The molecule has 68 valence electrons. The van der Waals surface area contributed by atoms with E-state index in [1.165, 1.54) is 11.9 Å². The number of ketones is 1. The van der Waals surface area contributed by atoms with Crippen molar-refractivity contribution in [2.24, 2.45) is 10.8 Å². The molecule has 0 radical (unpaired) electrons. The normalized spacial score (nSPS) is 11.1. The maximum absolute atomic E-state index is 10.6. The van der Waals surface area contributed by atoms with E-state index in [1.54, 1.807) is 14.0 Å². The quantitative estimate of drug-likeness (QED) is 0.397. The highest BCUT2D eigenvalue weighted by Crippen LogP contribution is 1.91. The third kappa shape index (κ3) is 4.79. The van der Waals surface area contributed by atoms with E-state index >= 15 is 0 Å². The van der Waals surface area contributed by atoms with Crippen LogP contribution in [0.3, 0.4) is 0 Å². The van der Waals surface area contributed by atoms with Gasteiger partial charge in [-0.1, -0.05) is 0 Å². The van der Waals surface area contributed by atoms with Crippen molar-refractivity contribution in [1.29, 1.82) is 0 Å². The second-order valence-electron chi connectivity index (χ2n) is 2.58. The molecule has 5 heteroatoms. The van der Waals surface area contributed by atoms with Crippen molar-refractivity contribution in [2.45, 2.75) is 20.3 Å². The summed E-state index contributed by atoms with van der Waals surface area (Å²) in [6, 6.07) is 0. The van der Waals surface area contributed by atoms with Crippen molar-refractivity contribution in [3.63, 3.8) is 0 Å². The molecule has 0 aliphatic heterocycles. The van der Waals surface area contributed by atoms with Gasteiger partial charge in [0, 0.05) is 19.2 Å². The number of hydrazone groups is 1. The lowest BCUT2D eigenvalue weighted by Gasteiger charge is -2.10. The fourth-order valence-corrected chi connectivity index (χ4v) is 0.742. The molecule has 4 nitrogen and oxygen atoms in total. The lowest BCUT2D eigenvalue weighted by Crippen LogP contribution is -2.28. The molecule has 0 unspecified atom stereocenters. The molecule has 0 heterocycles. The number of thiocarbonyl (C=S) groups is 1. The van der Waals surface area contributed by atoms with Crippen LogP contribution in [0.25, 0.3) is 0 Å². The molecule has 12 heavy (non-hydrogen) atoms. The van der Waals surface area contributed by atoms with Crippen molar-refractivity contribution in [3.8, 4) is 0 Å². The second kappa shape index (κ2) is 4.82. The zero-order valence-electron chi connectivity index (χ0n) is 7.50. The summed E-state index contributed by atoms with van der Waals surface area (Å²) in [4.78, 5) is 10.6. The first-order valence-corrected chi connectivity index (χ1v) is 3.91. The lowest BCUT2D eigenvalue weighted by atomic mass is 10.2. The minimum atomic E-state index is 0.0765. The van der Waals surface area contributed by atoms with E-state index in [9.17, 15) is 4.79 Å². The Morgan fingerprint density at radius 2 is 2.08 bits per heavy atom. The number of hydrogen-bond acceptors (Lipinski definition) is 3. The van der Waals surface area contributed by atoms with E-state index in [-0.39, 0.29) is 10.9 Å². The van der Waals surface area contributed by atoms with Gasteiger partial charge in [-0.25, -0.2) is 5.01 Å². The molecule has 0 fully saturated rings. The summed E-state index contributed by atoms with van der Waals surface area (Å²) in [5.41, 5.74) is 5.99. The summed E-state index contributed by atoms with van der Waals surface area (Å²) in [7, 11) is 1.64. The fraction of sp³-hybridized carbons (Fsp3) is 0.571. The van der Waals surface area contributed by atoms with Crippen molar-refractivity contribution in [2.75, 3.05) is 7.05 Å². The Kier molecular flexibility index (Phi) is 4.43. The first-order chi connectivity index (χ1) is 5.43. The van der Waals surface area contributed by atoms with E-state index in [2.05, 4.69) is 17.3 Å². The number of nitrogens with zero attached hydrogens (tertiary/aromatic N) is 2. The molecule has 0 spiro atoms. The fourth-order valence-electron chi connectivity index (χ4n) is 0.701. The molecule has 0 saturated carbocycles. The summed E-state index contributed by atoms with van der Waals surface area (Å²) < 4.78 is 0. The molecular weight excluding hydrogens is 174 g/mol. The largest absolute Gasteiger partial charge is 0.375 e. The van der Waals surface area contributed by atoms with Gasteiger partial charge in [-0.05, 0) is 26.1 Å². The van der Waals surface area contributed by atoms with Gasteiger partial charge in [-0.3, -0.25) is 4.79 Å². The Bertz CT molecular complexity index is 225. The molecule has 0 aromatic carbocycles. The number of carbonyl (C=O) groups excluding carboxylic acids is 1. The Morgan fingerprint density at radius 3 is 2.42 bits per heavy atom. The van der Waals surface area contributed by atoms with Gasteiger partial charge in [0.05, 0.1) is 0 Å². The van der Waals surface area contributed by atoms with Crippen LogP contribution in [0.15, 0.2) is 5.10 Å². The van der Waals surface area contributed by atoms with Crippen LogP contribution in [0.5, 0.6) is 0 Å². The second-order valence-corrected chi connectivity index (χ2v) is 2.99. The topological polar surface area (TPSA) is 58.7 Å². The standard InChI is InChI=1S/C7H13N3OS/c1-5(4-6(2)11)9-10(3)7(8)12/h4H2,1-3H3,(H2,8,12). The summed E-state index contributed by atoms with van der Waals surface area (Å²) in [6.07, 6.45) is 0.340. The Hall–Kier alpha value is -0.970. The molecule has 0 aliphatic carbocycles. The predicted molar refractivity (Wildman–Crippen MR) is 53.0 cm³/mol. The van der Waals surface area contributed by atoms with Gasteiger partial charge < -0.3 is 5.73 Å². The summed E-state index contributed by atoms with van der Waals surface area (Å²) >= 11 is 4.66. The summed E-state index contributed by atoms with van der Waals surface area (Å²) in [5.74, 6) is 0.0765. The van der Waals surface area contributed by atoms with Crippen LogP contribution in [0, 0.1) is 0 Å². The highest BCUT2D eigenvalue weighted by Gasteiger charge is 2.00. The van der Waals surface area contributed by atoms with E-state index in [4.69, 9.17) is 5.73 Å². The number of rotatable bonds is 3. The van der Waals surface area contributed by atoms with Gasteiger partial charge in [-0.15, -0.1) is 0 Å². The minimum Gasteiger partial charge on any atom is -0.375 e. The van der Waals surface area contributed by atoms with Gasteiger partial charge in [0.15, 0.2) is 5.11 Å². The van der Waals surface area contributed by atoms with Gasteiger partial charge in [-0.2, -0.15) is 5.10 Å². The van der Waals surface area contributed by atoms with Crippen LogP contribution in [-0.2, 0) is 4.79 Å². The third-order valence-corrected chi connectivity index (χ3v) is 1.41. The number of Topliss-reactive ketones (excluding diaryl/α,β-unsaturated/α-hetero) is 1. The molecular formula is C7H13N3OS. The molecule has 0 bridgehead atoms. The summed E-state index contributed by atoms with van der Waals surface area (Å²) in [6.45, 7) is 3.27. The zero-order valence-corrected chi connectivity index (χ0v) is 8.31. The van der Waals surface area contributed by atoms with Crippen molar-refractivity contribution < 1.29 is 4.79 Å². The van der Waals surface area contributed by atoms with E-state index in [0.29, 0.717) is 12.1 Å². The maximum atomic E-state index is 10.6. The van der Waals surface area contributed by atoms with Crippen LogP contribution >= 0.6 is 12.2 Å². The van der Waals surface area contributed by atoms with Crippen LogP contribution in [0.2, 0.25) is 0 Å². The Morgan fingerprint density at radius 1 is 1.58 bits per heavy atom. The van der Waals surface area contributed by atoms with Crippen LogP contribution in [0.1, 0.15) is 20.3 Å². The third-order valence-electron chi connectivity index (χ3n) is 1.14. The number of carbonyl (C=O) groups is 1. The smallest absolute Gasteiger partial charge is 0.186 e. The van der Waals surface area contributed by atoms with E-state index < -0.39 is 0 Å². The summed E-state index contributed by atoms with van der Waals surface area (Å²) in [5, 5.41) is 5.54. The lowest BCUT2D eigenvalue weighted by molar-refractivity contribution is -0.115.